The lowest BCUT2D eigenvalue weighted by Gasteiger charge is -2.15. The normalized spacial score (nSPS) is 11.1. The number of rotatable bonds is 7. The van der Waals surface area contributed by atoms with Gasteiger partial charge in [0.05, 0.1) is 24.3 Å². The molecule has 104 valence electrons. The summed E-state index contributed by atoms with van der Waals surface area (Å²) in [6.07, 6.45) is 2.82. The van der Waals surface area contributed by atoms with Crippen molar-refractivity contribution in [2.24, 2.45) is 11.1 Å². The van der Waals surface area contributed by atoms with Gasteiger partial charge in [-0.2, -0.15) is 10.4 Å². The summed E-state index contributed by atoms with van der Waals surface area (Å²) in [7, 11) is 0. The van der Waals surface area contributed by atoms with Gasteiger partial charge in [0.25, 0.3) is 5.56 Å². The van der Waals surface area contributed by atoms with Gasteiger partial charge in [0.15, 0.2) is 0 Å². The standard InChI is InChI=1S/C13H20N4O2/c1-13(2,10-15)4-6-17-12(18)8-11(9-16-17)19-7-3-5-14/h8-9H,3-7,14H2,1-2H3. The second-order valence-corrected chi connectivity index (χ2v) is 4.99. The maximum absolute atomic E-state index is 11.8. The number of aryl methyl sites for hydroxylation is 1. The zero-order chi connectivity index (χ0) is 14.3. The van der Waals surface area contributed by atoms with E-state index in [0.29, 0.717) is 31.9 Å². The smallest absolute Gasteiger partial charge is 0.270 e. The monoisotopic (exact) mass is 264 g/mol. The predicted octanol–water partition coefficient (Wildman–Crippen LogP) is 0.911. The number of nitrogens with two attached hydrogens (primary N) is 1. The Labute approximate surface area is 112 Å². The third-order valence-electron chi connectivity index (χ3n) is 2.71. The lowest BCUT2D eigenvalue weighted by molar-refractivity contribution is 0.308. The molecule has 0 atom stereocenters. The summed E-state index contributed by atoms with van der Waals surface area (Å²) in [5, 5.41) is 13.0. The summed E-state index contributed by atoms with van der Waals surface area (Å²) in [5.74, 6) is 0.453. The lowest BCUT2D eigenvalue weighted by atomic mass is 9.92. The summed E-state index contributed by atoms with van der Waals surface area (Å²) in [4.78, 5) is 11.8. The van der Waals surface area contributed by atoms with Crippen molar-refractivity contribution in [3.05, 3.63) is 22.6 Å². The van der Waals surface area contributed by atoms with Gasteiger partial charge in [0, 0.05) is 12.6 Å². The second kappa shape index (κ2) is 6.90. The van der Waals surface area contributed by atoms with Crippen molar-refractivity contribution in [2.75, 3.05) is 13.2 Å². The Morgan fingerprint density at radius 2 is 2.32 bits per heavy atom. The molecule has 19 heavy (non-hydrogen) atoms. The number of nitrogens with zero attached hydrogens (tertiary/aromatic N) is 3. The molecule has 0 fully saturated rings. The van der Waals surface area contributed by atoms with Crippen LogP contribution >= 0.6 is 0 Å². The Morgan fingerprint density at radius 1 is 1.58 bits per heavy atom. The van der Waals surface area contributed by atoms with Crippen molar-refractivity contribution < 1.29 is 4.74 Å². The molecule has 0 spiro atoms. The molecule has 0 aliphatic rings. The van der Waals surface area contributed by atoms with Crippen LogP contribution in [-0.4, -0.2) is 22.9 Å². The van der Waals surface area contributed by atoms with Crippen LogP contribution in [0.25, 0.3) is 0 Å². The average Bonchev–Trinajstić information content (AvgIpc) is 2.38. The number of nitriles is 1. The number of ether oxygens (including phenoxy) is 1. The zero-order valence-corrected chi connectivity index (χ0v) is 11.4. The van der Waals surface area contributed by atoms with Gasteiger partial charge in [-0.25, -0.2) is 4.68 Å². The molecule has 0 aliphatic heterocycles. The van der Waals surface area contributed by atoms with Crippen molar-refractivity contribution >= 4 is 0 Å². The summed E-state index contributed by atoms with van der Waals surface area (Å²) >= 11 is 0. The molecule has 1 aromatic heterocycles. The van der Waals surface area contributed by atoms with Crippen LogP contribution in [0.1, 0.15) is 26.7 Å². The molecule has 0 unspecified atom stereocenters. The molecular formula is C13H20N4O2. The van der Waals surface area contributed by atoms with Crippen molar-refractivity contribution in [3.63, 3.8) is 0 Å². The van der Waals surface area contributed by atoms with Crippen LogP contribution in [0.4, 0.5) is 0 Å². The highest BCUT2D eigenvalue weighted by Gasteiger charge is 2.16. The molecule has 1 rings (SSSR count). The van der Waals surface area contributed by atoms with E-state index < -0.39 is 5.41 Å². The molecule has 0 saturated heterocycles. The highest BCUT2D eigenvalue weighted by molar-refractivity contribution is 5.13. The van der Waals surface area contributed by atoms with Crippen LogP contribution in [0.15, 0.2) is 17.1 Å². The number of hydrogen-bond acceptors (Lipinski definition) is 5. The zero-order valence-electron chi connectivity index (χ0n) is 11.4. The highest BCUT2D eigenvalue weighted by Crippen LogP contribution is 2.18. The van der Waals surface area contributed by atoms with Crippen LogP contribution in [0, 0.1) is 16.7 Å². The van der Waals surface area contributed by atoms with E-state index in [0.717, 1.165) is 6.42 Å². The molecule has 2 N–H and O–H groups in total. The van der Waals surface area contributed by atoms with Crippen LogP contribution in [0.5, 0.6) is 5.75 Å². The van der Waals surface area contributed by atoms with Gasteiger partial charge < -0.3 is 10.5 Å². The number of aromatic nitrogens is 2. The summed E-state index contributed by atoms with van der Waals surface area (Å²) in [5.41, 5.74) is 4.67. The van der Waals surface area contributed by atoms with Gasteiger partial charge in [0.2, 0.25) is 0 Å². The van der Waals surface area contributed by atoms with Gasteiger partial charge in [0.1, 0.15) is 5.75 Å². The van der Waals surface area contributed by atoms with E-state index in [1.54, 1.807) is 0 Å². The molecule has 0 amide bonds. The molecule has 6 heteroatoms. The fourth-order valence-corrected chi connectivity index (χ4v) is 1.38. The first kappa shape index (κ1) is 15.2. The molecule has 0 aromatic carbocycles. The molecule has 1 aromatic rings. The summed E-state index contributed by atoms with van der Waals surface area (Å²) < 4.78 is 6.68. The molecule has 0 radical (unpaired) electrons. The maximum Gasteiger partial charge on any atom is 0.270 e. The Balaban J connectivity index is 2.63. The minimum Gasteiger partial charge on any atom is -0.492 e. The predicted molar refractivity (Wildman–Crippen MR) is 71.7 cm³/mol. The molecule has 1 heterocycles. The van der Waals surface area contributed by atoms with Crippen molar-refractivity contribution in [2.45, 2.75) is 33.2 Å². The summed E-state index contributed by atoms with van der Waals surface area (Å²) in [6, 6.07) is 3.60. The maximum atomic E-state index is 11.8. The van der Waals surface area contributed by atoms with Gasteiger partial charge in [-0.3, -0.25) is 4.79 Å². The van der Waals surface area contributed by atoms with Crippen LogP contribution in [0.2, 0.25) is 0 Å². The van der Waals surface area contributed by atoms with E-state index in [1.807, 2.05) is 13.8 Å². The van der Waals surface area contributed by atoms with E-state index in [4.69, 9.17) is 15.7 Å². The number of hydrogen-bond donors (Lipinski definition) is 1. The summed E-state index contributed by atoms with van der Waals surface area (Å²) in [6.45, 7) is 5.12. The Morgan fingerprint density at radius 3 is 2.89 bits per heavy atom. The first-order valence-corrected chi connectivity index (χ1v) is 6.30. The van der Waals surface area contributed by atoms with Crippen LogP contribution in [0.3, 0.4) is 0 Å². The largest absolute Gasteiger partial charge is 0.492 e. The van der Waals surface area contributed by atoms with Gasteiger partial charge in [-0.1, -0.05) is 0 Å². The molecule has 0 bridgehead atoms. The van der Waals surface area contributed by atoms with Crippen molar-refractivity contribution in [1.29, 1.82) is 5.26 Å². The Kier molecular flexibility index (Phi) is 5.52. The van der Waals surface area contributed by atoms with Gasteiger partial charge >= 0.3 is 0 Å². The van der Waals surface area contributed by atoms with Crippen molar-refractivity contribution in [1.82, 2.24) is 9.78 Å². The van der Waals surface area contributed by atoms with Crippen LogP contribution in [-0.2, 0) is 6.54 Å². The molecule has 6 nitrogen and oxygen atoms in total. The Bertz CT molecular complexity index is 502. The fourth-order valence-electron chi connectivity index (χ4n) is 1.38. The Hall–Kier alpha value is -1.87. The first-order chi connectivity index (χ1) is 8.98. The van der Waals surface area contributed by atoms with E-state index in [9.17, 15) is 4.79 Å². The van der Waals surface area contributed by atoms with E-state index >= 15 is 0 Å². The minimum absolute atomic E-state index is 0.223. The minimum atomic E-state index is -0.461. The highest BCUT2D eigenvalue weighted by atomic mass is 16.5. The fraction of sp³-hybridized carbons (Fsp3) is 0.615. The van der Waals surface area contributed by atoms with E-state index in [2.05, 4.69) is 11.2 Å². The topological polar surface area (TPSA) is 93.9 Å². The van der Waals surface area contributed by atoms with E-state index in [1.165, 1.54) is 16.9 Å². The third-order valence-corrected chi connectivity index (χ3v) is 2.71. The average molecular weight is 264 g/mol. The third kappa shape index (κ3) is 5.10. The quantitative estimate of drug-likeness (QED) is 0.739. The van der Waals surface area contributed by atoms with E-state index in [-0.39, 0.29) is 5.56 Å². The van der Waals surface area contributed by atoms with Crippen molar-refractivity contribution in [3.8, 4) is 11.8 Å². The molecule has 0 aliphatic carbocycles. The second-order valence-electron chi connectivity index (χ2n) is 4.99. The lowest BCUT2D eigenvalue weighted by Crippen LogP contribution is -2.25. The van der Waals surface area contributed by atoms with Gasteiger partial charge in [-0.05, 0) is 33.2 Å². The molecule has 0 saturated carbocycles. The SMILES string of the molecule is CC(C)(C#N)CCn1ncc(OCCCN)cc1=O. The van der Waals surface area contributed by atoms with Gasteiger partial charge in [-0.15, -0.1) is 0 Å². The molecular weight excluding hydrogens is 244 g/mol. The first-order valence-electron chi connectivity index (χ1n) is 6.30. The van der Waals surface area contributed by atoms with Crippen LogP contribution < -0.4 is 16.0 Å².